The van der Waals surface area contributed by atoms with E-state index in [1.165, 1.54) is 11.1 Å². The molecule has 3 heteroatoms. The Hall–Kier alpha value is -1.87. The average molecular weight is 242 g/mol. The predicted octanol–water partition coefficient (Wildman–Crippen LogP) is 2.96. The number of hydrogen-bond donors (Lipinski definition) is 1. The van der Waals surface area contributed by atoms with Crippen LogP contribution in [0.25, 0.3) is 0 Å². The van der Waals surface area contributed by atoms with E-state index in [0.717, 1.165) is 17.1 Å². The fraction of sp³-hybridized carbons (Fsp3) is 0.267. The fourth-order valence-electron chi connectivity index (χ4n) is 2.12. The third-order valence-corrected chi connectivity index (χ3v) is 2.95. The molecule has 0 aliphatic rings. The summed E-state index contributed by atoms with van der Waals surface area (Å²) in [7, 11) is 1.97. The van der Waals surface area contributed by atoms with Crippen molar-refractivity contribution in [1.82, 2.24) is 4.98 Å². The zero-order chi connectivity index (χ0) is 13.1. The summed E-state index contributed by atoms with van der Waals surface area (Å²) in [6.45, 7) is 4.16. The predicted molar refractivity (Wildman–Crippen MR) is 74.1 cm³/mol. The summed E-state index contributed by atoms with van der Waals surface area (Å²) in [5.74, 6) is 0.796. The van der Waals surface area contributed by atoms with Gasteiger partial charge in [0, 0.05) is 24.5 Å². The highest BCUT2D eigenvalue weighted by Gasteiger charge is 2.10. The second-order valence-corrected chi connectivity index (χ2v) is 4.55. The van der Waals surface area contributed by atoms with E-state index in [4.69, 9.17) is 0 Å². The topological polar surface area (TPSA) is 36.4 Å². The molecule has 0 aliphatic heterocycles. The summed E-state index contributed by atoms with van der Waals surface area (Å²) in [6.07, 6.45) is 1.74. The van der Waals surface area contributed by atoms with Crippen LogP contribution < -0.4 is 4.90 Å². The summed E-state index contributed by atoms with van der Waals surface area (Å²) < 4.78 is 0. The minimum atomic E-state index is -0.00168. The Bertz CT molecular complexity index is 532. The summed E-state index contributed by atoms with van der Waals surface area (Å²) >= 11 is 0. The van der Waals surface area contributed by atoms with Gasteiger partial charge in [-0.3, -0.25) is 0 Å². The van der Waals surface area contributed by atoms with E-state index in [1.807, 2.05) is 24.1 Å². The number of aliphatic hydroxyl groups is 1. The number of anilines is 2. The lowest BCUT2D eigenvalue weighted by atomic mass is 10.1. The molecule has 0 saturated heterocycles. The van der Waals surface area contributed by atoms with Crippen LogP contribution in [0, 0.1) is 13.8 Å². The summed E-state index contributed by atoms with van der Waals surface area (Å²) in [5, 5.41) is 9.36. The van der Waals surface area contributed by atoms with Gasteiger partial charge in [-0.05, 0) is 43.2 Å². The lowest BCUT2D eigenvalue weighted by Crippen LogP contribution is -2.13. The minimum absolute atomic E-state index is 0.00168. The SMILES string of the molecule is Cc1cc(C)cc(N(C)c2ncccc2CO)c1. The highest BCUT2D eigenvalue weighted by molar-refractivity contribution is 5.63. The quantitative estimate of drug-likeness (QED) is 0.899. The van der Waals surface area contributed by atoms with Crippen molar-refractivity contribution in [2.45, 2.75) is 20.5 Å². The molecule has 2 aromatic rings. The summed E-state index contributed by atoms with van der Waals surface area (Å²) in [6, 6.07) is 10.1. The van der Waals surface area contributed by atoms with Gasteiger partial charge in [0.25, 0.3) is 0 Å². The van der Waals surface area contributed by atoms with Crippen LogP contribution in [-0.4, -0.2) is 17.1 Å². The molecular formula is C15H18N2O. The van der Waals surface area contributed by atoms with Crippen molar-refractivity contribution in [1.29, 1.82) is 0 Å². The molecule has 0 unspecified atom stereocenters. The first-order chi connectivity index (χ1) is 8.61. The van der Waals surface area contributed by atoms with Gasteiger partial charge in [-0.1, -0.05) is 12.1 Å². The van der Waals surface area contributed by atoms with Gasteiger partial charge >= 0.3 is 0 Å². The van der Waals surface area contributed by atoms with E-state index in [0.29, 0.717) is 0 Å². The van der Waals surface area contributed by atoms with Gasteiger partial charge in [0.1, 0.15) is 5.82 Å². The second kappa shape index (κ2) is 5.19. The maximum Gasteiger partial charge on any atom is 0.138 e. The Morgan fingerprint density at radius 1 is 1.17 bits per heavy atom. The summed E-state index contributed by atoms with van der Waals surface area (Å²) in [5.41, 5.74) is 4.36. The third kappa shape index (κ3) is 2.51. The van der Waals surface area contributed by atoms with Gasteiger partial charge in [-0.25, -0.2) is 4.98 Å². The van der Waals surface area contributed by atoms with Gasteiger partial charge in [0.15, 0.2) is 0 Å². The highest BCUT2D eigenvalue weighted by Crippen LogP contribution is 2.26. The van der Waals surface area contributed by atoms with Crippen molar-refractivity contribution in [3.05, 3.63) is 53.2 Å². The first kappa shape index (κ1) is 12.6. The number of aliphatic hydroxyl groups excluding tert-OH is 1. The standard InChI is InChI=1S/C15H18N2O/c1-11-7-12(2)9-14(8-11)17(3)15-13(10-18)5-4-6-16-15/h4-9,18H,10H2,1-3H3. The number of hydrogen-bond acceptors (Lipinski definition) is 3. The monoisotopic (exact) mass is 242 g/mol. The van der Waals surface area contributed by atoms with E-state index in [-0.39, 0.29) is 6.61 Å². The summed E-state index contributed by atoms with van der Waals surface area (Å²) in [4.78, 5) is 6.36. The molecule has 0 bridgehead atoms. The van der Waals surface area contributed by atoms with Crippen LogP contribution in [-0.2, 0) is 6.61 Å². The molecule has 1 heterocycles. The lowest BCUT2D eigenvalue weighted by molar-refractivity contribution is 0.282. The molecule has 0 radical (unpaired) electrons. The number of nitrogens with zero attached hydrogens (tertiary/aromatic N) is 2. The number of pyridine rings is 1. The van der Waals surface area contributed by atoms with Crippen molar-refractivity contribution in [3.8, 4) is 0 Å². The van der Waals surface area contributed by atoms with E-state index >= 15 is 0 Å². The molecule has 0 aliphatic carbocycles. The van der Waals surface area contributed by atoms with E-state index in [2.05, 4.69) is 37.0 Å². The van der Waals surface area contributed by atoms with Gasteiger partial charge in [0.05, 0.1) is 6.61 Å². The molecule has 2 rings (SSSR count). The molecule has 1 aromatic heterocycles. The van der Waals surface area contributed by atoms with Gasteiger partial charge in [-0.2, -0.15) is 0 Å². The van der Waals surface area contributed by atoms with Crippen molar-refractivity contribution in [3.63, 3.8) is 0 Å². The van der Waals surface area contributed by atoms with E-state index < -0.39 is 0 Å². The Kier molecular flexibility index (Phi) is 3.63. The first-order valence-corrected chi connectivity index (χ1v) is 5.98. The van der Waals surface area contributed by atoms with Crippen molar-refractivity contribution < 1.29 is 5.11 Å². The van der Waals surface area contributed by atoms with E-state index in [1.54, 1.807) is 6.20 Å². The van der Waals surface area contributed by atoms with Gasteiger partial charge < -0.3 is 10.0 Å². The lowest BCUT2D eigenvalue weighted by Gasteiger charge is -2.21. The van der Waals surface area contributed by atoms with Gasteiger partial charge in [-0.15, -0.1) is 0 Å². The van der Waals surface area contributed by atoms with Crippen molar-refractivity contribution >= 4 is 11.5 Å². The normalized spacial score (nSPS) is 10.4. The van der Waals surface area contributed by atoms with Crippen LogP contribution in [0.15, 0.2) is 36.5 Å². The van der Waals surface area contributed by atoms with Crippen LogP contribution in [0.3, 0.4) is 0 Å². The molecule has 1 N–H and O–H groups in total. The smallest absolute Gasteiger partial charge is 0.138 e. The molecule has 0 fully saturated rings. The molecule has 0 atom stereocenters. The second-order valence-electron chi connectivity index (χ2n) is 4.55. The molecule has 18 heavy (non-hydrogen) atoms. The Labute approximate surface area is 108 Å². The fourth-order valence-corrected chi connectivity index (χ4v) is 2.12. The van der Waals surface area contributed by atoms with Crippen molar-refractivity contribution in [2.75, 3.05) is 11.9 Å². The van der Waals surface area contributed by atoms with Crippen LogP contribution in [0.2, 0.25) is 0 Å². The number of benzene rings is 1. The molecule has 0 saturated carbocycles. The third-order valence-electron chi connectivity index (χ3n) is 2.95. The zero-order valence-corrected chi connectivity index (χ0v) is 11.0. The number of aromatic nitrogens is 1. The highest BCUT2D eigenvalue weighted by atomic mass is 16.3. The maximum absolute atomic E-state index is 9.36. The molecule has 94 valence electrons. The molecule has 3 nitrogen and oxygen atoms in total. The Morgan fingerprint density at radius 2 is 1.83 bits per heavy atom. The largest absolute Gasteiger partial charge is 0.392 e. The minimum Gasteiger partial charge on any atom is -0.392 e. The van der Waals surface area contributed by atoms with Crippen molar-refractivity contribution in [2.24, 2.45) is 0 Å². The zero-order valence-electron chi connectivity index (χ0n) is 11.0. The Morgan fingerprint density at radius 3 is 2.44 bits per heavy atom. The molecule has 0 amide bonds. The van der Waals surface area contributed by atoms with Crippen LogP contribution in [0.4, 0.5) is 11.5 Å². The number of rotatable bonds is 3. The molecule has 1 aromatic carbocycles. The molecule has 0 spiro atoms. The first-order valence-electron chi connectivity index (χ1n) is 5.98. The van der Waals surface area contributed by atoms with Crippen LogP contribution in [0.1, 0.15) is 16.7 Å². The van der Waals surface area contributed by atoms with Gasteiger partial charge in [0.2, 0.25) is 0 Å². The average Bonchev–Trinajstić information content (AvgIpc) is 2.36. The number of aryl methyl sites for hydroxylation is 2. The van der Waals surface area contributed by atoms with Crippen LogP contribution in [0.5, 0.6) is 0 Å². The van der Waals surface area contributed by atoms with E-state index in [9.17, 15) is 5.11 Å². The van der Waals surface area contributed by atoms with Crippen LogP contribution >= 0.6 is 0 Å². The molecular weight excluding hydrogens is 224 g/mol. The maximum atomic E-state index is 9.36. The Balaban J connectivity index is 2.44.